The van der Waals surface area contributed by atoms with Crippen LogP contribution in [0, 0.1) is 5.82 Å². The van der Waals surface area contributed by atoms with Crippen LogP contribution in [0.15, 0.2) is 30.3 Å². The van der Waals surface area contributed by atoms with E-state index in [1.165, 1.54) is 24.5 Å². The van der Waals surface area contributed by atoms with E-state index in [9.17, 15) is 4.39 Å². The molecule has 0 saturated carbocycles. The van der Waals surface area contributed by atoms with Crippen molar-refractivity contribution in [2.24, 2.45) is 0 Å². The molecular weight excluding hydrogens is 323 g/mol. The van der Waals surface area contributed by atoms with Crippen molar-refractivity contribution < 1.29 is 9.13 Å². The molecule has 3 nitrogen and oxygen atoms in total. The molecule has 0 unspecified atom stereocenters. The van der Waals surface area contributed by atoms with Gasteiger partial charge in [-0.25, -0.2) is 4.39 Å². The highest BCUT2D eigenvalue weighted by molar-refractivity contribution is 7.16. The standard InChI is InChI=1S/C16H18ClFN2OS/c1-21-16-11(3-2-4-12(16)18)15(13-5-6-14(17)22-13)20-9-7-19-8-10-20/h2-6,15,19H,7-10H2,1H3/t15-/m0/s1. The molecule has 1 aliphatic rings. The van der Waals surface area contributed by atoms with Crippen LogP contribution in [0.5, 0.6) is 5.75 Å². The minimum absolute atomic E-state index is 0.0368. The molecule has 0 radical (unpaired) electrons. The molecule has 22 heavy (non-hydrogen) atoms. The maximum atomic E-state index is 14.1. The fourth-order valence-corrected chi connectivity index (χ4v) is 4.12. The van der Waals surface area contributed by atoms with Gasteiger partial charge in [0.15, 0.2) is 11.6 Å². The number of hydrogen-bond donors (Lipinski definition) is 1. The Labute approximate surface area is 138 Å². The maximum absolute atomic E-state index is 14.1. The minimum atomic E-state index is -0.331. The Bertz CT molecular complexity index is 643. The first kappa shape index (κ1) is 15.7. The first-order chi connectivity index (χ1) is 10.7. The van der Waals surface area contributed by atoms with Crippen LogP contribution in [0.3, 0.4) is 0 Å². The summed E-state index contributed by atoms with van der Waals surface area (Å²) < 4.78 is 20.2. The molecule has 3 rings (SSSR count). The molecule has 2 heterocycles. The molecule has 0 spiro atoms. The van der Waals surface area contributed by atoms with Crippen molar-refractivity contribution >= 4 is 22.9 Å². The summed E-state index contributed by atoms with van der Waals surface area (Å²) in [5, 5.41) is 3.35. The van der Waals surface area contributed by atoms with Crippen LogP contribution < -0.4 is 10.1 Å². The molecule has 2 aromatic rings. The van der Waals surface area contributed by atoms with E-state index < -0.39 is 0 Å². The van der Waals surface area contributed by atoms with Gasteiger partial charge in [-0.05, 0) is 18.2 Å². The minimum Gasteiger partial charge on any atom is -0.493 e. The van der Waals surface area contributed by atoms with Gasteiger partial charge in [0.25, 0.3) is 0 Å². The van der Waals surface area contributed by atoms with E-state index in [0.717, 1.165) is 41.0 Å². The van der Waals surface area contributed by atoms with Gasteiger partial charge in [0.2, 0.25) is 0 Å². The van der Waals surface area contributed by atoms with E-state index >= 15 is 0 Å². The molecule has 6 heteroatoms. The van der Waals surface area contributed by atoms with Gasteiger partial charge in [-0.15, -0.1) is 11.3 Å². The zero-order valence-corrected chi connectivity index (χ0v) is 13.9. The number of thiophene rings is 1. The number of ether oxygens (including phenoxy) is 1. The van der Waals surface area contributed by atoms with Crippen molar-refractivity contribution in [2.45, 2.75) is 6.04 Å². The monoisotopic (exact) mass is 340 g/mol. The van der Waals surface area contributed by atoms with Gasteiger partial charge in [0, 0.05) is 36.6 Å². The fourth-order valence-electron chi connectivity index (χ4n) is 2.90. The smallest absolute Gasteiger partial charge is 0.165 e. The van der Waals surface area contributed by atoms with Gasteiger partial charge in [-0.1, -0.05) is 23.7 Å². The van der Waals surface area contributed by atoms with Crippen LogP contribution in [-0.2, 0) is 0 Å². The molecule has 118 valence electrons. The number of piperazine rings is 1. The van der Waals surface area contributed by atoms with E-state index in [4.69, 9.17) is 16.3 Å². The van der Waals surface area contributed by atoms with E-state index in [0.29, 0.717) is 5.75 Å². The zero-order chi connectivity index (χ0) is 15.5. The lowest BCUT2D eigenvalue weighted by Crippen LogP contribution is -2.45. The number of nitrogens with zero attached hydrogens (tertiary/aromatic N) is 1. The summed E-state index contributed by atoms with van der Waals surface area (Å²) in [6.45, 7) is 3.65. The van der Waals surface area contributed by atoms with Crippen LogP contribution in [0.4, 0.5) is 4.39 Å². The third-order valence-corrected chi connectivity index (χ3v) is 5.16. The average molecular weight is 341 g/mol. The molecule has 1 saturated heterocycles. The molecule has 1 atom stereocenters. The molecule has 1 aromatic carbocycles. The Morgan fingerprint density at radius 3 is 2.68 bits per heavy atom. The van der Waals surface area contributed by atoms with Gasteiger partial charge >= 0.3 is 0 Å². The second-order valence-electron chi connectivity index (χ2n) is 5.19. The highest BCUT2D eigenvalue weighted by Gasteiger charge is 2.28. The summed E-state index contributed by atoms with van der Waals surface area (Å²) in [7, 11) is 1.51. The SMILES string of the molecule is COc1c(F)cccc1[C@@H](c1ccc(Cl)s1)N1CCNCC1. The molecular formula is C16H18ClFN2OS. The summed E-state index contributed by atoms with van der Waals surface area (Å²) in [5.41, 5.74) is 0.850. The average Bonchev–Trinajstić information content (AvgIpc) is 2.95. The van der Waals surface area contributed by atoms with E-state index in [2.05, 4.69) is 10.2 Å². The number of nitrogens with one attached hydrogen (secondary N) is 1. The summed E-state index contributed by atoms with van der Waals surface area (Å²) in [5.74, 6) is -0.0154. The van der Waals surface area contributed by atoms with E-state index in [1.54, 1.807) is 6.07 Å². The highest BCUT2D eigenvalue weighted by atomic mass is 35.5. The third kappa shape index (κ3) is 3.13. The van der Waals surface area contributed by atoms with Crippen LogP contribution in [0.2, 0.25) is 4.34 Å². The van der Waals surface area contributed by atoms with Gasteiger partial charge in [-0.2, -0.15) is 0 Å². The molecule has 1 N–H and O–H groups in total. The first-order valence-electron chi connectivity index (χ1n) is 7.23. The van der Waals surface area contributed by atoms with Crippen molar-refractivity contribution in [1.29, 1.82) is 0 Å². The summed E-state index contributed by atoms with van der Waals surface area (Å²) in [4.78, 5) is 3.45. The molecule has 0 aliphatic carbocycles. The molecule has 1 aliphatic heterocycles. The lowest BCUT2D eigenvalue weighted by atomic mass is 10.0. The Kier molecular flexibility index (Phi) is 4.98. The van der Waals surface area contributed by atoms with Crippen LogP contribution in [-0.4, -0.2) is 38.2 Å². The van der Waals surface area contributed by atoms with E-state index in [1.807, 2.05) is 18.2 Å². The van der Waals surface area contributed by atoms with Crippen LogP contribution >= 0.6 is 22.9 Å². The van der Waals surface area contributed by atoms with Crippen LogP contribution in [0.1, 0.15) is 16.5 Å². The Balaban J connectivity index is 2.07. The number of rotatable bonds is 4. The van der Waals surface area contributed by atoms with Gasteiger partial charge in [0.05, 0.1) is 17.5 Å². The number of para-hydroxylation sites is 1. The summed E-state index contributed by atoms with van der Waals surface area (Å²) in [6, 6.07) is 8.97. The summed E-state index contributed by atoms with van der Waals surface area (Å²) >= 11 is 7.65. The molecule has 1 fully saturated rings. The number of benzene rings is 1. The quantitative estimate of drug-likeness (QED) is 0.921. The second kappa shape index (κ2) is 6.96. The number of methoxy groups -OCH3 is 1. The van der Waals surface area contributed by atoms with Crippen molar-refractivity contribution in [3.05, 3.63) is 50.9 Å². The molecule has 0 bridgehead atoms. The zero-order valence-electron chi connectivity index (χ0n) is 12.3. The van der Waals surface area contributed by atoms with Crippen molar-refractivity contribution in [2.75, 3.05) is 33.3 Å². The Hall–Kier alpha value is -1.14. The van der Waals surface area contributed by atoms with Crippen molar-refractivity contribution in [3.63, 3.8) is 0 Å². The third-order valence-electron chi connectivity index (χ3n) is 3.88. The van der Waals surface area contributed by atoms with Crippen LogP contribution in [0.25, 0.3) is 0 Å². The Morgan fingerprint density at radius 1 is 1.27 bits per heavy atom. The highest BCUT2D eigenvalue weighted by Crippen LogP contribution is 2.40. The topological polar surface area (TPSA) is 24.5 Å². The lowest BCUT2D eigenvalue weighted by Gasteiger charge is -2.35. The predicted octanol–water partition coefficient (Wildman–Crippen LogP) is 3.54. The van der Waals surface area contributed by atoms with Gasteiger partial charge < -0.3 is 10.1 Å². The normalized spacial score (nSPS) is 17.4. The number of halogens is 2. The van der Waals surface area contributed by atoms with Crippen molar-refractivity contribution in [3.8, 4) is 5.75 Å². The lowest BCUT2D eigenvalue weighted by molar-refractivity contribution is 0.197. The van der Waals surface area contributed by atoms with Gasteiger partial charge in [0.1, 0.15) is 0 Å². The maximum Gasteiger partial charge on any atom is 0.165 e. The summed E-state index contributed by atoms with van der Waals surface area (Å²) in [6.07, 6.45) is 0. The largest absolute Gasteiger partial charge is 0.493 e. The Morgan fingerprint density at radius 2 is 2.05 bits per heavy atom. The van der Waals surface area contributed by atoms with Crippen molar-refractivity contribution in [1.82, 2.24) is 10.2 Å². The van der Waals surface area contributed by atoms with Gasteiger partial charge in [-0.3, -0.25) is 4.90 Å². The molecule has 1 aromatic heterocycles. The predicted molar refractivity (Wildman–Crippen MR) is 88.6 cm³/mol. The fraction of sp³-hybridized carbons (Fsp3) is 0.375. The first-order valence-corrected chi connectivity index (χ1v) is 8.42. The second-order valence-corrected chi connectivity index (χ2v) is 6.94. The van der Waals surface area contributed by atoms with E-state index in [-0.39, 0.29) is 11.9 Å². The number of hydrogen-bond acceptors (Lipinski definition) is 4. The molecule has 0 amide bonds.